The molecule has 0 bridgehead atoms. The first-order chi connectivity index (χ1) is 22.1. The van der Waals surface area contributed by atoms with Gasteiger partial charge in [-0.2, -0.15) is 0 Å². The van der Waals surface area contributed by atoms with Crippen LogP contribution >= 0.6 is 0 Å². The average molecular weight is 637 g/mol. The van der Waals surface area contributed by atoms with Crippen LogP contribution in [0.4, 0.5) is 5.69 Å². The van der Waals surface area contributed by atoms with Crippen molar-refractivity contribution in [2.45, 2.75) is 124 Å². The van der Waals surface area contributed by atoms with Crippen LogP contribution in [-0.2, 0) is 25.6 Å². The van der Waals surface area contributed by atoms with Crippen LogP contribution in [0.1, 0.15) is 134 Å². The van der Waals surface area contributed by atoms with Gasteiger partial charge in [0.05, 0.1) is 36.6 Å². The number of benzene rings is 1. The van der Waals surface area contributed by atoms with E-state index in [1.807, 2.05) is 0 Å². The van der Waals surface area contributed by atoms with Crippen LogP contribution in [-0.4, -0.2) is 52.6 Å². The fourth-order valence-electron chi connectivity index (χ4n) is 8.10. The fourth-order valence-corrected chi connectivity index (χ4v) is 8.10. The topological polar surface area (TPSA) is 112 Å². The number of aliphatic hydroxyl groups is 1. The van der Waals surface area contributed by atoms with Gasteiger partial charge in [-0.25, -0.2) is 0 Å². The molecule has 0 saturated carbocycles. The Kier molecular flexibility index (Phi) is 13.1. The van der Waals surface area contributed by atoms with E-state index in [9.17, 15) is 29.1 Å². The van der Waals surface area contributed by atoms with E-state index in [0.29, 0.717) is 30.0 Å². The van der Waals surface area contributed by atoms with Crippen molar-refractivity contribution in [2.24, 2.45) is 35.5 Å². The summed E-state index contributed by atoms with van der Waals surface area (Å²) in [6, 6.07) is 5.02. The molecule has 1 N–H and O–H groups in total. The third-order valence-corrected chi connectivity index (χ3v) is 10.7. The van der Waals surface area contributed by atoms with Crippen LogP contribution in [0.3, 0.4) is 0 Å². The molecule has 1 aromatic rings. The predicted octanol–water partition coefficient (Wildman–Crippen LogP) is 6.90. The number of likely N-dealkylation sites (tertiary alicyclic amines) is 1. The minimum atomic E-state index is -0.972. The van der Waals surface area contributed by atoms with E-state index in [1.165, 1.54) is 70.6 Å². The Morgan fingerprint density at radius 2 is 1.41 bits per heavy atom. The second-order valence-electron chi connectivity index (χ2n) is 14.5. The van der Waals surface area contributed by atoms with E-state index >= 15 is 0 Å². The van der Waals surface area contributed by atoms with Crippen molar-refractivity contribution >= 4 is 35.1 Å². The van der Waals surface area contributed by atoms with Gasteiger partial charge in [0, 0.05) is 17.9 Å². The molecule has 2 saturated heterocycles. The van der Waals surface area contributed by atoms with Crippen LogP contribution in [0.15, 0.2) is 18.2 Å². The minimum Gasteiger partial charge on any atom is -0.395 e. The number of Topliss-reactive ketones (excluding diaryl/α,β-unsaturated/α-hetero) is 1. The number of rotatable bonds is 20. The standard InChI is InChI=1S/C38H56N2O6/c1-5-6-7-8-9-10-11-12-13-14-15-16-25(2)21-26(3)22-31-34(37(45)39(19-20-41)36(31)44)33-27(4)35(43)40(38(33)46)29-18-17-28-23-32(42)30(28)24-29/h17-18,24-27,31,33-34,41H,5-16,19-23H2,1-4H3. The summed E-state index contributed by atoms with van der Waals surface area (Å²) in [7, 11) is 0. The quantitative estimate of drug-likeness (QED) is 0.123. The normalized spacial score (nSPS) is 24.2. The average Bonchev–Trinajstić information content (AvgIpc) is 3.37. The molecule has 0 aromatic heterocycles. The molecule has 6 atom stereocenters. The summed E-state index contributed by atoms with van der Waals surface area (Å²) in [5, 5.41) is 9.61. The molecule has 3 aliphatic rings. The molecule has 4 rings (SSSR count). The third kappa shape index (κ3) is 8.15. The van der Waals surface area contributed by atoms with Crippen molar-refractivity contribution in [3.05, 3.63) is 29.3 Å². The summed E-state index contributed by atoms with van der Waals surface area (Å²) < 4.78 is 0. The first-order valence-corrected chi connectivity index (χ1v) is 18.1. The number of hydrogen-bond donors (Lipinski definition) is 1. The first kappa shape index (κ1) is 36.0. The maximum Gasteiger partial charge on any atom is 0.238 e. The maximum absolute atomic E-state index is 13.9. The predicted molar refractivity (Wildman–Crippen MR) is 179 cm³/mol. The summed E-state index contributed by atoms with van der Waals surface area (Å²) >= 11 is 0. The molecule has 2 heterocycles. The molecule has 4 amide bonds. The number of anilines is 1. The van der Waals surface area contributed by atoms with Crippen LogP contribution in [0.25, 0.3) is 0 Å². The molecule has 1 aromatic carbocycles. The monoisotopic (exact) mass is 636 g/mol. The summed E-state index contributed by atoms with van der Waals surface area (Å²) in [6.07, 6.45) is 17.3. The number of imide groups is 2. The van der Waals surface area contributed by atoms with Crippen molar-refractivity contribution in [1.82, 2.24) is 4.90 Å². The number of unbranched alkanes of at least 4 members (excludes halogenated alkanes) is 10. The summed E-state index contributed by atoms with van der Waals surface area (Å²) in [5.41, 5.74) is 1.74. The molecule has 1 aliphatic carbocycles. The lowest BCUT2D eigenvalue weighted by Gasteiger charge is -2.26. The highest BCUT2D eigenvalue weighted by Gasteiger charge is 2.59. The van der Waals surface area contributed by atoms with Gasteiger partial charge < -0.3 is 5.11 Å². The molecule has 8 heteroatoms. The van der Waals surface area contributed by atoms with Crippen molar-refractivity contribution in [1.29, 1.82) is 0 Å². The van der Waals surface area contributed by atoms with Crippen molar-refractivity contribution in [3.63, 3.8) is 0 Å². The van der Waals surface area contributed by atoms with Gasteiger partial charge in [-0.1, -0.05) is 111 Å². The number of amides is 4. The van der Waals surface area contributed by atoms with Crippen molar-refractivity contribution < 1.29 is 29.1 Å². The third-order valence-electron chi connectivity index (χ3n) is 10.7. The molecule has 0 spiro atoms. The molecular formula is C38H56N2O6. The van der Waals surface area contributed by atoms with Gasteiger partial charge in [-0.3, -0.25) is 33.8 Å². The SMILES string of the molecule is CCCCCCCCCCCCCC(C)CC(C)CC1C(=O)N(CCO)C(=O)C1C1C(=O)N(c2ccc3c(c2)C(=O)C3)C(=O)C1C. The Morgan fingerprint density at radius 3 is 2.02 bits per heavy atom. The highest BCUT2D eigenvalue weighted by Crippen LogP contribution is 2.45. The van der Waals surface area contributed by atoms with E-state index < -0.39 is 41.4 Å². The minimum absolute atomic E-state index is 0.0245. The second kappa shape index (κ2) is 16.8. The Bertz CT molecular complexity index is 1260. The fraction of sp³-hybridized carbons (Fsp3) is 0.711. The number of ketones is 1. The van der Waals surface area contributed by atoms with Crippen LogP contribution in [0.2, 0.25) is 0 Å². The largest absolute Gasteiger partial charge is 0.395 e. The molecular weight excluding hydrogens is 580 g/mol. The molecule has 0 radical (unpaired) electrons. The highest BCUT2D eigenvalue weighted by molar-refractivity contribution is 6.24. The molecule has 8 nitrogen and oxygen atoms in total. The van der Waals surface area contributed by atoms with Gasteiger partial charge in [0.25, 0.3) is 0 Å². The summed E-state index contributed by atoms with van der Waals surface area (Å²) in [6.45, 7) is 7.79. The van der Waals surface area contributed by atoms with E-state index in [2.05, 4.69) is 20.8 Å². The van der Waals surface area contributed by atoms with E-state index in [4.69, 9.17) is 0 Å². The number of carbonyl (C=O) groups excluding carboxylic acids is 5. The van der Waals surface area contributed by atoms with Crippen molar-refractivity contribution in [2.75, 3.05) is 18.1 Å². The Morgan fingerprint density at radius 1 is 0.783 bits per heavy atom. The number of nitrogens with zero attached hydrogens (tertiary/aromatic N) is 2. The van der Waals surface area contributed by atoms with Crippen LogP contribution in [0.5, 0.6) is 0 Å². The number of hydrogen-bond acceptors (Lipinski definition) is 6. The van der Waals surface area contributed by atoms with Crippen molar-refractivity contribution in [3.8, 4) is 0 Å². The second-order valence-corrected chi connectivity index (χ2v) is 14.5. The van der Waals surface area contributed by atoms with Crippen LogP contribution in [0, 0.1) is 35.5 Å². The smallest absolute Gasteiger partial charge is 0.238 e. The van der Waals surface area contributed by atoms with Crippen LogP contribution < -0.4 is 4.90 Å². The lowest BCUT2D eigenvalue weighted by molar-refractivity contribution is -0.142. The maximum atomic E-state index is 13.9. The van der Waals surface area contributed by atoms with Gasteiger partial charge in [0.2, 0.25) is 23.6 Å². The Hall–Kier alpha value is -2.87. The summed E-state index contributed by atoms with van der Waals surface area (Å²) in [4.78, 5) is 68.9. The molecule has 254 valence electrons. The molecule has 2 fully saturated rings. The molecule has 2 aliphatic heterocycles. The van der Waals surface area contributed by atoms with Gasteiger partial charge in [-0.05, 0) is 42.4 Å². The molecule has 46 heavy (non-hydrogen) atoms. The van der Waals surface area contributed by atoms with Gasteiger partial charge in [0.15, 0.2) is 5.78 Å². The number of aliphatic hydroxyl groups excluding tert-OH is 1. The van der Waals surface area contributed by atoms with E-state index in [1.54, 1.807) is 25.1 Å². The van der Waals surface area contributed by atoms with Gasteiger partial charge in [0.1, 0.15) is 0 Å². The van der Waals surface area contributed by atoms with E-state index in [0.717, 1.165) is 28.2 Å². The first-order valence-electron chi connectivity index (χ1n) is 18.1. The molecule has 6 unspecified atom stereocenters. The number of carbonyl (C=O) groups is 5. The zero-order valence-electron chi connectivity index (χ0n) is 28.6. The zero-order valence-corrected chi connectivity index (χ0v) is 28.6. The lowest BCUT2D eigenvalue weighted by Crippen LogP contribution is -2.38. The van der Waals surface area contributed by atoms with Gasteiger partial charge in [-0.15, -0.1) is 0 Å². The van der Waals surface area contributed by atoms with Gasteiger partial charge >= 0.3 is 0 Å². The summed E-state index contributed by atoms with van der Waals surface area (Å²) in [5.74, 6) is -4.57. The highest BCUT2D eigenvalue weighted by atomic mass is 16.3. The number of fused-ring (bicyclic) bond motifs is 1. The Balaban J connectivity index is 1.33. The zero-order chi connectivity index (χ0) is 33.4. The number of β-amino-alcohol motifs (C(OH)–C–C–N with tert-alkyl or cyclic N) is 1. The van der Waals surface area contributed by atoms with E-state index in [-0.39, 0.29) is 30.8 Å². The lowest BCUT2D eigenvalue weighted by atomic mass is 9.74. The Labute approximate surface area is 275 Å².